The van der Waals surface area contributed by atoms with Crippen molar-refractivity contribution in [1.29, 1.82) is 0 Å². The van der Waals surface area contributed by atoms with Gasteiger partial charge in [-0.3, -0.25) is 9.89 Å². The zero-order valence-electron chi connectivity index (χ0n) is 15.4. The second kappa shape index (κ2) is 7.15. The molecule has 0 spiro atoms. The van der Waals surface area contributed by atoms with Crippen LogP contribution in [0.4, 0.5) is 0 Å². The molecule has 1 aromatic heterocycles. The molecule has 4 rings (SSSR count). The summed E-state index contributed by atoms with van der Waals surface area (Å²) in [6.45, 7) is 1.13. The molecule has 0 radical (unpaired) electrons. The molecule has 1 N–H and O–H groups in total. The van der Waals surface area contributed by atoms with Crippen LogP contribution in [-0.4, -0.2) is 35.2 Å². The van der Waals surface area contributed by atoms with Crippen molar-refractivity contribution in [2.45, 2.75) is 19.5 Å². The quantitative estimate of drug-likeness (QED) is 0.756. The molecule has 0 unspecified atom stereocenters. The fraction of sp³-hybridized carbons (Fsp3) is 0.238. The number of ether oxygens (including phenoxy) is 2. The van der Waals surface area contributed by atoms with Crippen molar-refractivity contribution in [3.63, 3.8) is 0 Å². The Morgan fingerprint density at radius 2 is 1.85 bits per heavy atom. The average molecular weight is 363 g/mol. The topological polar surface area (TPSA) is 67.5 Å². The number of nitrogens with zero attached hydrogens (tertiary/aromatic N) is 2. The molecule has 2 aromatic carbocycles. The summed E-state index contributed by atoms with van der Waals surface area (Å²) in [7, 11) is 3.21. The summed E-state index contributed by atoms with van der Waals surface area (Å²) >= 11 is 0. The number of hydrogen-bond acceptors (Lipinski definition) is 4. The largest absolute Gasteiger partial charge is 0.493 e. The van der Waals surface area contributed by atoms with Crippen LogP contribution in [-0.2, 0) is 24.3 Å². The van der Waals surface area contributed by atoms with E-state index in [1.807, 2.05) is 53.4 Å². The molecule has 0 aliphatic carbocycles. The third kappa shape index (κ3) is 3.26. The number of aromatic amines is 1. The van der Waals surface area contributed by atoms with Gasteiger partial charge in [0.1, 0.15) is 0 Å². The van der Waals surface area contributed by atoms with Gasteiger partial charge in [-0.25, -0.2) is 0 Å². The van der Waals surface area contributed by atoms with Crippen molar-refractivity contribution < 1.29 is 14.3 Å². The zero-order chi connectivity index (χ0) is 18.8. The van der Waals surface area contributed by atoms with Gasteiger partial charge in [0.15, 0.2) is 11.5 Å². The van der Waals surface area contributed by atoms with Gasteiger partial charge in [0.05, 0.1) is 38.6 Å². The van der Waals surface area contributed by atoms with Crippen molar-refractivity contribution >= 4 is 5.91 Å². The summed E-state index contributed by atoms with van der Waals surface area (Å²) in [5.41, 5.74) is 4.74. The molecule has 138 valence electrons. The SMILES string of the molecule is COc1ccc(-c2n[nH]c3c2CC(=O)N(Cc2ccccc2)C3)cc1OC. The van der Waals surface area contributed by atoms with E-state index in [0.29, 0.717) is 31.0 Å². The van der Waals surface area contributed by atoms with Gasteiger partial charge in [0.25, 0.3) is 0 Å². The normalized spacial score (nSPS) is 13.4. The van der Waals surface area contributed by atoms with E-state index in [9.17, 15) is 4.79 Å². The number of rotatable bonds is 5. The molecule has 0 saturated heterocycles. The van der Waals surface area contributed by atoms with E-state index in [1.165, 1.54) is 0 Å². The number of aromatic nitrogens is 2. The van der Waals surface area contributed by atoms with E-state index in [2.05, 4.69) is 10.2 Å². The van der Waals surface area contributed by atoms with Crippen LogP contribution in [0.2, 0.25) is 0 Å². The van der Waals surface area contributed by atoms with E-state index < -0.39 is 0 Å². The molecule has 3 aromatic rings. The van der Waals surface area contributed by atoms with Gasteiger partial charge in [-0.2, -0.15) is 5.10 Å². The highest BCUT2D eigenvalue weighted by atomic mass is 16.5. The number of amides is 1. The molecule has 1 aliphatic heterocycles. The molecule has 0 bridgehead atoms. The Kier molecular flexibility index (Phi) is 4.54. The molecule has 6 nitrogen and oxygen atoms in total. The number of H-pyrrole nitrogens is 1. The maximum Gasteiger partial charge on any atom is 0.227 e. The lowest BCUT2D eigenvalue weighted by atomic mass is 9.99. The molecule has 1 amide bonds. The lowest BCUT2D eigenvalue weighted by Crippen LogP contribution is -2.35. The van der Waals surface area contributed by atoms with Crippen molar-refractivity contribution in [3.8, 4) is 22.8 Å². The van der Waals surface area contributed by atoms with Crippen LogP contribution in [0, 0.1) is 0 Å². The Morgan fingerprint density at radius 3 is 2.59 bits per heavy atom. The van der Waals surface area contributed by atoms with E-state index in [4.69, 9.17) is 9.47 Å². The zero-order valence-corrected chi connectivity index (χ0v) is 15.4. The Labute approximate surface area is 157 Å². The molecule has 6 heteroatoms. The molecule has 27 heavy (non-hydrogen) atoms. The van der Waals surface area contributed by atoms with Crippen LogP contribution in [0.25, 0.3) is 11.3 Å². The molecule has 0 saturated carbocycles. The lowest BCUT2D eigenvalue weighted by molar-refractivity contribution is -0.132. The van der Waals surface area contributed by atoms with Crippen LogP contribution in [0.3, 0.4) is 0 Å². The Balaban J connectivity index is 1.61. The van der Waals surface area contributed by atoms with Crippen molar-refractivity contribution in [3.05, 3.63) is 65.4 Å². The predicted molar refractivity (Wildman–Crippen MR) is 102 cm³/mol. The first-order valence-corrected chi connectivity index (χ1v) is 8.80. The lowest BCUT2D eigenvalue weighted by Gasteiger charge is -2.27. The maximum atomic E-state index is 12.7. The number of benzene rings is 2. The van der Waals surface area contributed by atoms with Crippen LogP contribution in [0.15, 0.2) is 48.5 Å². The highest BCUT2D eigenvalue weighted by Gasteiger charge is 2.28. The molecular weight excluding hydrogens is 342 g/mol. The monoisotopic (exact) mass is 363 g/mol. The predicted octanol–water partition coefficient (Wildman–Crippen LogP) is 3.18. The van der Waals surface area contributed by atoms with Crippen molar-refractivity contribution in [2.75, 3.05) is 14.2 Å². The summed E-state index contributed by atoms with van der Waals surface area (Å²) < 4.78 is 10.7. The summed E-state index contributed by atoms with van der Waals surface area (Å²) in [4.78, 5) is 14.6. The van der Waals surface area contributed by atoms with E-state index >= 15 is 0 Å². The Hall–Kier alpha value is -3.28. The average Bonchev–Trinajstić information content (AvgIpc) is 3.11. The molecule has 0 atom stereocenters. The molecule has 1 aliphatic rings. The van der Waals surface area contributed by atoms with Crippen molar-refractivity contribution in [1.82, 2.24) is 15.1 Å². The second-order valence-electron chi connectivity index (χ2n) is 6.51. The number of fused-ring (bicyclic) bond motifs is 1. The molecular formula is C21H21N3O3. The minimum atomic E-state index is 0.106. The highest BCUT2D eigenvalue weighted by molar-refractivity contribution is 5.84. The first kappa shape index (κ1) is 17.1. The number of carbonyl (C=O) groups is 1. The van der Waals surface area contributed by atoms with Crippen LogP contribution in [0.1, 0.15) is 16.8 Å². The number of hydrogen-bond donors (Lipinski definition) is 1. The third-order valence-corrected chi connectivity index (χ3v) is 4.86. The molecule has 0 fully saturated rings. The highest BCUT2D eigenvalue weighted by Crippen LogP contribution is 2.35. The van der Waals surface area contributed by atoms with Gasteiger partial charge in [-0.1, -0.05) is 30.3 Å². The fourth-order valence-electron chi connectivity index (χ4n) is 3.43. The minimum Gasteiger partial charge on any atom is -0.493 e. The number of methoxy groups -OCH3 is 2. The first-order valence-electron chi connectivity index (χ1n) is 8.80. The van der Waals surface area contributed by atoms with Crippen LogP contribution >= 0.6 is 0 Å². The smallest absolute Gasteiger partial charge is 0.227 e. The van der Waals surface area contributed by atoms with Gasteiger partial charge in [0, 0.05) is 17.7 Å². The Morgan fingerprint density at radius 1 is 1.07 bits per heavy atom. The summed E-state index contributed by atoms with van der Waals surface area (Å²) in [5, 5.41) is 7.59. The standard InChI is InChI=1S/C21H21N3O3/c1-26-18-9-8-15(10-19(18)27-2)21-16-11-20(25)24(13-17(16)22-23-21)12-14-6-4-3-5-7-14/h3-10H,11-13H2,1-2H3,(H,22,23). The van der Waals surface area contributed by atoms with Crippen LogP contribution < -0.4 is 9.47 Å². The van der Waals surface area contributed by atoms with E-state index in [1.54, 1.807) is 14.2 Å². The van der Waals surface area contributed by atoms with Gasteiger partial charge >= 0.3 is 0 Å². The van der Waals surface area contributed by atoms with E-state index in [-0.39, 0.29) is 5.91 Å². The summed E-state index contributed by atoms with van der Waals surface area (Å²) in [6.07, 6.45) is 0.336. The first-order chi connectivity index (χ1) is 13.2. The van der Waals surface area contributed by atoms with Gasteiger partial charge in [0.2, 0.25) is 5.91 Å². The van der Waals surface area contributed by atoms with Gasteiger partial charge in [-0.05, 0) is 23.8 Å². The van der Waals surface area contributed by atoms with Crippen LogP contribution in [0.5, 0.6) is 11.5 Å². The molecule has 2 heterocycles. The second-order valence-corrected chi connectivity index (χ2v) is 6.51. The third-order valence-electron chi connectivity index (χ3n) is 4.86. The summed E-state index contributed by atoms with van der Waals surface area (Å²) in [6, 6.07) is 15.7. The number of carbonyl (C=O) groups excluding carboxylic acids is 1. The van der Waals surface area contributed by atoms with E-state index in [0.717, 1.165) is 28.1 Å². The number of nitrogens with one attached hydrogen (secondary N) is 1. The Bertz CT molecular complexity index is 966. The summed E-state index contributed by atoms with van der Waals surface area (Å²) in [5.74, 6) is 1.41. The van der Waals surface area contributed by atoms with Gasteiger partial charge in [-0.15, -0.1) is 0 Å². The maximum absolute atomic E-state index is 12.7. The fourth-order valence-corrected chi connectivity index (χ4v) is 3.43. The van der Waals surface area contributed by atoms with Gasteiger partial charge < -0.3 is 14.4 Å². The van der Waals surface area contributed by atoms with Crippen molar-refractivity contribution in [2.24, 2.45) is 0 Å². The minimum absolute atomic E-state index is 0.106.